The van der Waals surface area contributed by atoms with E-state index in [0.29, 0.717) is 16.9 Å². The Labute approximate surface area is 175 Å². The fraction of sp³-hybridized carbons (Fsp3) is 0.0909. The maximum atomic E-state index is 12.4. The third-order valence-electron chi connectivity index (χ3n) is 4.51. The topological polar surface area (TPSA) is 118 Å². The molecule has 9 heteroatoms. The molecule has 31 heavy (non-hydrogen) atoms. The molecule has 0 saturated carbocycles. The molecular weight excluding hydrogens is 406 g/mol. The van der Waals surface area contributed by atoms with Crippen LogP contribution in [0, 0.1) is 10.1 Å². The standard InChI is InChI=1S/C22H15NO8/c1-28-19-11-14(23(26)27)7-9-16(19)18-10-8-15(29-18)12-17-20(24)30-22(31-21(17)25)13-5-3-2-4-6-13/h2-12,22H,1H3. The molecule has 1 aliphatic rings. The Bertz CT molecular complexity index is 1180. The van der Waals surface area contributed by atoms with Crippen LogP contribution >= 0.6 is 0 Å². The first-order valence-electron chi connectivity index (χ1n) is 9.07. The molecule has 2 heterocycles. The van der Waals surface area contributed by atoms with E-state index in [0.717, 1.165) is 0 Å². The second kappa shape index (κ2) is 8.15. The molecule has 1 saturated heterocycles. The zero-order chi connectivity index (χ0) is 22.0. The van der Waals surface area contributed by atoms with Gasteiger partial charge in [0.25, 0.3) is 12.0 Å². The highest BCUT2D eigenvalue weighted by atomic mass is 16.7. The number of furan rings is 1. The molecule has 0 amide bonds. The zero-order valence-electron chi connectivity index (χ0n) is 16.1. The molecule has 0 spiro atoms. The fourth-order valence-corrected chi connectivity index (χ4v) is 3.01. The van der Waals surface area contributed by atoms with E-state index in [1.165, 1.54) is 37.5 Å². The number of esters is 2. The summed E-state index contributed by atoms with van der Waals surface area (Å²) in [4.78, 5) is 35.1. The van der Waals surface area contributed by atoms with Gasteiger partial charge in [-0.05, 0) is 18.2 Å². The Morgan fingerprint density at radius 3 is 2.35 bits per heavy atom. The first kappa shape index (κ1) is 19.9. The summed E-state index contributed by atoms with van der Waals surface area (Å²) in [7, 11) is 1.38. The van der Waals surface area contributed by atoms with Crippen LogP contribution in [-0.2, 0) is 19.1 Å². The molecule has 1 aliphatic heterocycles. The van der Waals surface area contributed by atoms with Crippen molar-refractivity contribution in [1.29, 1.82) is 0 Å². The van der Waals surface area contributed by atoms with Crippen molar-refractivity contribution in [1.82, 2.24) is 0 Å². The number of hydrogen-bond acceptors (Lipinski definition) is 8. The lowest BCUT2D eigenvalue weighted by atomic mass is 10.1. The first-order chi connectivity index (χ1) is 15.0. The first-order valence-corrected chi connectivity index (χ1v) is 9.07. The number of nitro benzene ring substituents is 1. The molecule has 0 N–H and O–H groups in total. The molecule has 1 fully saturated rings. The summed E-state index contributed by atoms with van der Waals surface area (Å²) in [6.07, 6.45) is 0.0997. The number of nitrogens with zero attached hydrogens (tertiary/aromatic N) is 1. The van der Waals surface area contributed by atoms with Crippen LogP contribution in [0.3, 0.4) is 0 Å². The average molecular weight is 421 g/mol. The normalized spacial score (nSPS) is 15.8. The SMILES string of the molecule is COc1cc([N+](=O)[O-])ccc1-c1ccc(C=C2C(=O)OC(c3ccccc3)OC2=O)o1. The Kier molecular flexibility index (Phi) is 5.23. The highest BCUT2D eigenvalue weighted by molar-refractivity contribution is 6.18. The van der Waals surface area contributed by atoms with E-state index in [-0.39, 0.29) is 22.8 Å². The molecule has 3 aromatic rings. The van der Waals surface area contributed by atoms with Crippen LogP contribution in [0.15, 0.2) is 70.7 Å². The number of hydrogen-bond donors (Lipinski definition) is 0. The van der Waals surface area contributed by atoms with Crippen molar-refractivity contribution >= 4 is 23.7 Å². The van der Waals surface area contributed by atoms with Crippen LogP contribution in [0.1, 0.15) is 17.6 Å². The smallest absolute Gasteiger partial charge is 0.349 e. The molecular formula is C22H15NO8. The Morgan fingerprint density at radius 2 is 1.71 bits per heavy atom. The van der Waals surface area contributed by atoms with Crippen molar-refractivity contribution in [2.24, 2.45) is 0 Å². The van der Waals surface area contributed by atoms with E-state index in [9.17, 15) is 19.7 Å². The number of benzene rings is 2. The number of carbonyl (C=O) groups is 2. The predicted octanol–water partition coefficient (Wildman–Crippen LogP) is 4.05. The Balaban J connectivity index is 1.58. The maximum Gasteiger partial charge on any atom is 0.349 e. The van der Waals surface area contributed by atoms with Crippen molar-refractivity contribution in [3.05, 3.63) is 87.7 Å². The van der Waals surface area contributed by atoms with Crippen molar-refractivity contribution in [3.8, 4) is 17.1 Å². The zero-order valence-corrected chi connectivity index (χ0v) is 16.1. The van der Waals surface area contributed by atoms with Gasteiger partial charge in [0.05, 0.1) is 23.7 Å². The maximum absolute atomic E-state index is 12.4. The quantitative estimate of drug-likeness (QED) is 0.199. The highest BCUT2D eigenvalue weighted by Crippen LogP contribution is 2.35. The van der Waals surface area contributed by atoms with Crippen molar-refractivity contribution < 1.29 is 33.1 Å². The summed E-state index contributed by atoms with van der Waals surface area (Å²) in [5, 5.41) is 10.9. The van der Waals surface area contributed by atoms with Gasteiger partial charge < -0.3 is 18.6 Å². The predicted molar refractivity (Wildman–Crippen MR) is 107 cm³/mol. The molecule has 156 valence electrons. The van der Waals surface area contributed by atoms with Gasteiger partial charge in [0.1, 0.15) is 22.8 Å². The number of methoxy groups -OCH3 is 1. The summed E-state index contributed by atoms with van der Waals surface area (Å²) in [5.74, 6) is -0.910. The van der Waals surface area contributed by atoms with Gasteiger partial charge in [0, 0.05) is 17.7 Å². The molecule has 4 rings (SSSR count). The number of nitro groups is 1. The second-order valence-electron chi connectivity index (χ2n) is 6.45. The lowest BCUT2D eigenvalue weighted by Gasteiger charge is -2.23. The number of carbonyl (C=O) groups excluding carboxylic acids is 2. The van der Waals surface area contributed by atoms with Gasteiger partial charge in [0.2, 0.25) is 0 Å². The van der Waals surface area contributed by atoms with Gasteiger partial charge in [-0.2, -0.15) is 0 Å². The highest BCUT2D eigenvalue weighted by Gasteiger charge is 2.34. The number of cyclic esters (lactones) is 2. The summed E-state index contributed by atoms with van der Waals surface area (Å²) < 4.78 is 21.3. The third kappa shape index (κ3) is 4.01. The molecule has 0 atom stereocenters. The van der Waals surface area contributed by atoms with Crippen LogP contribution in [0.2, 0.25) is 0 Å². The molecule has 0 radical (unpaired) electrons. The second-order valence-corrected chi connectivity index (χ2v) is 6.45. The molecule has 0 bridgehead atoms. The van der Waals surface area contributed by atoms with Gasteiger partial charge >= 0.3 is 11.9 Å². The minimum atomic E-state index is -1.12. The van der Waals surface area contributed by atoms with Gasteiger partial charge in [0.15, 0.2) is 0 Å². The van der Waals surface area contributed by atoms with Gasteiger partial charge in [-0.15, -0.1) is 0 Å². The number of non-ortho nitro benzene ring substituents is 1. The van der Waals surface area contributed by atoms with E-state index < -0.39 is 23.2 Å². The minimum absolute atomic E-state index is 0.129. The molecule has 1 aromatic heterocycles. The summed E-state index contributed by atoms with van der Waals surface area (Å²) >= 11 is 0. The summed E-state index contributed by atoms with van der Waals surface area (Å²) in [6, 6.07) is 15.8. The van der Waals surface area contributed by atoms with E-state index >= 15 is 0 Å². The van der Waals surface area contributed by atoms with Crippen LogP contribution in [0.25, 0.3) is 17.4 Å². The van der Waals surface area contributed by atoms with Crippen molar-refractivity contribution in [2.45, 2.75) is 6.29 Å². The Hall–Kier alpha value is -4.40. The lowest BCUT2D eigenvalue weighted by molar-refractivity contribution is -0.384. The van der Waals surface area contributed by atoms with Crippen LogP contribution in [0.5, 0.6) is 5.75 Å². The van der Waals surface area contributed by atoms with Gasteiger partial charge in [-0.3, -0.25) is 10.1 Å². The largest absolute Gasteiger partial charge is 0.496 e. The van der Waals surface area contributed by atoms with Gasteiger partial charge in [-0.1, -0.05) is 30.3 Å². The number of rotatable bonds is 5. The van der Waals surface area contributed by atoms with Crippen LogP contribution < -0.4 is 4.74 Å². The number of ether oxygens (including phenoxy) is 3. The average Bonchev–Trinajstić information content (AvgIpc) is 3.24. The van der Waals surface area contributed by atoms with Crippen LogP contribution in [-0.4, -0.2) is 24.0 Å². The lowest BCUT2D eigenvalue weighted by Crippen LogP contribution is -2.29. The molecule has 0 aliphatic carbocycles. The van der Waals surface area contributed by atoms with E-state index in [2.05, 4.69) is 0 Å². The van der Waals surface area contributed by atoms with Crippen LogP contribution in [0.4, 0.5) is 5.69 Å². The Morgan fingerprint density at radius 1 is 1.00 bits per heavy atom. The summed E-state index contributed by atoms with van der Waals surface area (Å²) in [5.41, 5.74) is 0.559. The van der Waals surface area contributed by atoms with E-state index in [1.807, 2.05) is 0 Å². The molecule has 2 aromatic carbocycles. The fourth-order valence-electron chi connectivity index (χ4n) is 3.01. The monoisotopic (exact) mass is 421 g/mol. The van der Waals surface area contributed by atoms with E-state index in [4.69, 9.17) is 18.6 Å². The molecule has 0 unspecified atom stereocenters. The molecule has 9 nitrogen and oxygen atoms in total. The van der Waals surface area contributed by atoms with Gasteiger partial charge in [-0.25, -0.2) is 9.59 Å². The van der Waals surface area contributed by atoms with Crippen molar-refractivity contribution in [3.63, 3.8) is 0 Å². The summed E-state index contributed by atoms with van der Waals surface area (Å²) in [6.45, 7) is 0. The van der Waals surface area contributed by atoms with E-state index in [1.54, 1.807) is 36.4 Å². The minimum Gasteiger partial charge on any atom is -0.496 e. The van der Waals surface area contributed by atoms with Crippen molar-refractivity contribution in [2.75, 3.05) is 7.11 Å². The third-order valence-corrected chi connectivity index (χ3v) is 4.51.